The minimum absolute atomic E-state index is 0.0368. The van der Waals surface area contributed by atoms with Crippen molar-refractivity contribution >= 4 is 17.9 Å². The predicted octanol–water partition coefficient (Wildman–Crippen LogP) is 1.92. The van der Waals surface area contributed by atoms with Gasteiger partial charge in [0.05, 0.1) is 12.8 Å². The number of fused-ring (bicyclic) bond motifs is 1. The Labute approximate surface area is 172 Å². The molecule has 0 atom stereocenters. The Morgan fingerprint density at radius 1 is 1.21 bits per heavy atom. The Balaban J connectivity index is 1.34. The maximum Gasteiger partial charge on any atom is 0.327 e. The minimum Gasteiger partial charge on any atom is -0.469 e. The van der Waals surface area contributed by atoms with E-state index < -0.39 is 0 Å². The van der Waals surface area contributed by atoms with Crippen LogP contribution in [0.1, 0.15) is 49.8 Å². The first-order chi connectivity index (χ1) is 14.2. The van der Waals surface area contributed by atoms with Gasteiger partial charge in [-0.15, -0.1) is 0 Å². The first-order valence-corrected chi connectivity index (χ1v) is 10.9. The van der Waals surface area contributed by atoms with Gasteiger partial charge in [0.25, 0.3) is 0 Å². The average molecular weight is 402 g/mol. The van der Waals surface area contributed by atoms with Crippen molar-refractivity contribution in [1.82, 2.24) is 20.2 Å². The lowest BCUT2D eigenvalue weighted by molar-refractivity contribution is -0.141. The number of hydrogen-bond acceptors (Lipinski definition) is 6. The van der Waals surface area contributed by atoms with Crippen LogP contribution in [0.2, 0.25) is 0 Å². The van der Waals surface area contributed by atoms with Crippen molar-refractivity contribution in [3.8, 4) is 0 Å². The summed E-state index contributed by atoms with van der Waals surface area (Å²) in [5.41, 5.74) is 2.25. The number of hydrogen-bond donors (Lipinski definition) is 1. The standard InChI is InChI=1S/C21H31N5O3/c1-29-19(27)7-4-15-2-5-17(6-3-15)25-12-13-26(21(25)28)20-23-14-16-8-10-22-11-9-18(16)24-20/h14-15,17,22H,2-13H2,1H3. The van der Waals surface area contributed by atoms with E-state index in [4.69, 9.17) is 9.72 Å². The Bertz CT molecular complexity index is 748. The molecule has 8 nitrogen and oxygen atoms in total. The first kappa shape index (κ1) is 20.1. The molecule has 0 spiro atoms. The fourth-order valence-corrected chi connectivity index (χ4v) is 4.79. The van der Waals surface area contributed by atoms with Crippen LogP contribution in [0.25, 0.3) is 0 Å². The van der Waals surface area contributed by atoms with E-state index in [0.717, 1.165) is 70.3 Å². The average Bonchev–Trinajstić information content (AvgIpc) is 2.98. The summed E-state index contributed by atoms with van der Waals surface area (Å²) < 4.78 is 4.74. The number of aromatic nitrogens is 2. The maximum atomic E-state index is 13.1. The van der Waals surface area contributed by atoms with Gasteiger partial charge in [0.2, 0.25) is 5.95 Å². The summed E-state index contributed by atoms with van der Waals surface area (Å²) in [6.45, 7) is 3.26. The molecule has 0 bridgehead atoms. The molecule has 1 N–H and O–H groups in total. The van der Waals surface area contributed by atoms with Gasteiger partial charge in [0.1, 0.15) is 0 Å². The Hall–Kier alpha value is -2.22. The van der Waals surface area contributed by atoms with Crippen molar-refractivity contribution in [3.63, 3.8) is 0 Å². The number of methoxy groups -OCH3 is 1. The number of urea groups is 1. The molecule has 1 aromatic rings. The lowest BCUT2D eigenvalue weighted by Crippen LogP contribution is -2.41. The molecule has 0 radical (unpaired) electrons. The molecule has 0 unspecified atom stereocenters. The molecule has 1 saturated heterocycles. The van der Waals surface area contributed by atoms with Crippen molar-refractivity contribution in [1.29, 1.82) is 0 Å². The van der Waals surface area contributed by atoms with E-state index in [1.807, 2.05) is 11.1 Å². The second kappa shape index (κ2) is 9.07. The maximum absolute atomic E-state index is 13.1. The molecule has 3 aliphatic rings. The van der Waals surface area contributed by atoms with E-state index in [2.05, 4.69) is 10.3 Å². The van der Waals surface area contributed by atoms with Gasteiger partial charge in [-0.1, -0.05) is 0 Å². The summed E-state index contributed by atoms with van der Waals surface area (Å²) in [6, 6.07) is 0.321. The van der Waals surface area contributed by atoms with Crippen LogP contribution in [0.15, 0.2) is 6.20 Å². The Kier molecular flexibility index (Phi) is 6.28. The molecule has 0 aromatic carbocycles. The SMILES string of the molecule is COC(=O)CCC1CCC(N2CCN(c3ncc4c(n3)CCNCC4)C2=O)CC1. The van der Waals surface area contributed by atoms with Gasteiger partial charge in [-0.05, 0) is 56.6 Å². The summed E-state index contributed by atoms with van der Waals surface area (Å²) >= 11 is 0. The van der Waals surface area contributed by atoms with Crippen LogP contribution in [0.3, 0.4) is 0 Å². The van der Waals surface area contributed by atoms with Gasteiger partial charge < -0.3 is 15.0 Å². The summed E-state index contributed by atoms with van der Waals surface area (Å²) in [6.07, 6.45) is 9.23. The van der Waals surface area contributed by atoms with Gasteiger partial charge in [0, 0.05) is 44.7 Å². The van der Waals surface area contributed by atoms with Gasteiger partial charge >= 0.3 is 12.0 Å². The van der Waals surface area contributed by atoms with Gasteiger partial charge in [-0.25, -0.2) is 14.8 Å². The van der Waals surface area contributed by atoms with Crippen molar-refractivity contribution in [2.75, 3.05) is 38.2 Å². The van der Waals surface area contributed by atoms with E-state index in [-0.39, 0.29) is 18.0 Å². The third-order valence-corrected chi connectivity index (χ3v) is 6.58. The van der Waals surface area contributed by atoms with E-state index in [9.17, 15) is 9.59 Å². The minimum atomic E-state index is -0.131. The molecule has 1 aromatic heterocycles. The third-order valence-electron chi connectivity index (χ3n) is 6.58. The number of esters is 1. The molecule has 4 rings (SSSR count). The molecule has 2 fully saturated rings. The zero-order chi connectivity index (χ0) is 20.2. The molecule has 8 heteroatoms. The van der Waals surface area contributed by atoms with E-state index in [1.165, 1.54) is 12.7 Å². The molecule has 3 heterocycles. The highest BCUT2D eigenvalue weighted by molar-refractivity contribution is 5.92. The van der Waals surface area contributed by atoms with E-state index in [1.54, 1.807) is 4.90 Å². The summed E-state index contributed by atoms with van der Waals surface area (Å²) in [5.74, 6) is 0.972. The van der Waals surface area contributed by atoms with Crippen LogP contribution in [0.5, 0.6) is 0 Å². The summed E-state index contributed by atoms with van der Waals surface area (Å²) in [5, 5.41) is 3.38. The normalized spacial score (nSPS) is 24.9. The van der Waals surface area contributed by atoms with Crippen molar-refractivity contribution in [3.05, 3.63) is 17.5 Å². The molecule has 1 saturated carbocycles. The zero-order valence-corrected chi connectivity index (χ0v) is 17.2. The molecule has 1 aliphatic carbocycles. The highest BCUT2D eigenvalue weighted by Gasteiger charge is 2.37. The van der Waals surface area contributed by atoms with Gasteiger partial charge in [0.15, 0.2) is 0 Å². The second-order valence-corrected chi connectivity index (χ2v) is 8.31. The van der Waals surface area contributed by atoms with Crippen LogP contribution < -0.4 is 10.2 Å². The lowest BCUT2D eigenvalue weighted by Gasteiger charge is -2.34. The number of carbonyl (C=O) groups is 2. The third kappa shape index (κ3) is 4.52. The number of rotatable bonds is 5. The second-order valence-electron chi connectivity index (χ2n) is 8.31. The number of nitrogens with zero attached hydrogens (tertiary/aromatic N) is 4. The van der Waals surface area contributed by atoms with E-state index in [0.29, 0.717) is 24.8 Å². The summed E-state index contributed by atoms with van der Waals surface area (Å²) in [7, 11) is 1.44. The highest BCUT2D eigenvalue weighted by Crippen LogP contribution is 2.32. The van der Waals surface area contributed by atoms with E-state index >= 15 is 0 Å². The van der Waals surface area contributed by atoms with Crippen molar-refractivity contribution < 1.29 is 14.3 Å². The predicted molar refractivity (Wildman–Crippen MR) is 109 cm³/mol. The van der Waals surface area contributed by atoms with Crippen LogP contribution in [0.4, 0.5) is 10.7 Å². The van der Waals surface area contributed by atoms with Crippen molar-refractivity contribution in [2.45, 2.75) is 57.4 Å². The van der Waals surface area contributed by atoms with Gasteiger partial charge in [-0.2, -0.15) is 0 Å². The first-order valence-electron chi connectivity index (χ1n) is 10.9. The largest absolute Gasteiger partial charge is 0.469 e. The topological polar surface area (TPSA) is 87.7 Å². The van der Waals surface area contributed by atoms with Gasteiger partial charge in [-0.3, -0.25) is 9.69 Å². The van der Waals surface area contributed by atoms with Crippen LogP contribution >= 0.6 is 0 Å². The molecular formula is C21H31N5O3. The molecule has 2 amide bonds. The van der Waals surface area contributed by atoms with Crippen molar-refractivity contribution in [2.24, 2.45) is 5.92 Å². The monoisotopic (exact) mass is 401 g/mol. The molecule has 29 heavy (non-hydrogen) atoms. The Morgan fingerprint density at radius 2 is 2.00 bits per heavy atom. The number of ether oxygens (including phenoxy) is 1. The highest BCUT2D eigenvalue weighted by atomic mass is 16.5. The van der Waals surface area contributed by atoms with Crippen LogP contribution in [-0.4, -0.2) is 66.2 Å². The number of nitrogens with one attached hydrogen (secondary N) is 1. The number of carbonyl (C=O) groups excluding carboxylic acids is 2. The number of amides is 2. The van der Waals surface area contributed by atoms with Crippen LogP contribution in [-0.2, 0) is 22.4 Å². The molecular weight excluding hydrogens is 370 g/mol. The van der Waals surface area contributed by atoms with Crippen LogP contribution in [0, 0.1) is 5.92 Å². The smallest absolute Gasteiger partial charge is 0.327 e. The molecule has 2 aliphatic heterocycles. The fraction of sp³-hybridized carbons (Fsp3) is 0.714. The quantitative estimate of drug-likeness (QED) is 0.759. The Morgan fingerprint density at radius 3 is 2.79 bits per heavy atom. The molecule has 158 valence electrons. The zero-order valence-electron chi connectivity index (χ0n) is 17.2. The summed E-state index contributed by atoms with van der Waals surface area (Å²) in [4.78, 5) is 37.4. The fourth-order valence-electron chi connectivity index (χ4n) is 4.79. The lowest BCUT2D eigenvalue weighted by atomic mass is 9.83. The number of anilines is 1.